The van der Waals surface area contributed by atoms with Crippen molar-refractivity contribution in [2.24, 2.45) is 0 Å². The molecular weight excluding hydrogens is 348 g/mol. The molecule has 5 nitrogen and oxygen atoms in total. The van der Waals surface area contributed by atoms with Crippen LogP contribution in [0.25, 0.3) is 0 Å². The van der Waals surface area contributed by atoms with E-state index in [4.69, 9.17) is 4.74 Å². The van der Waals surface area contributed by atoms with Gasteiger partial charge in [0.2, 0.25) is 11.8 Å². The number of hydrogen-bond donors (Lipinski definition) is 0. The molecule has 0 saturated carbocycles. The fraction of sp³-hybridized carbons (Fsp3) is 0.300. The van der Waals surface area contributed by atoms with Crippen LogP contribution in [0.1, 0.15) is 11.1 Å². The number of amides is 2. The summed E-state index contributed by atoms with van der Waals surface area (Å²) in [7, 11) is 3.37. The van der Waals surface area contributed by atoms with Gasteiger partial charge in [0.1, 0.15) is 12.3 Å². The molecule has 0 unspecified atom stereocenters. The zero-order valence-electron chi connectivity index (χ0n) is 15.2. The highest BCUT2D eigenvalue weighted by atomic mass is 32.2. The van der Waals surface area contributed by atoms with E-state index >= 15 is 0 Å². The first-order valence-electron chi connectivity index (χ1n) is 8.39. The SMILES string of the molecule is COc1ccc(C)cc1CN(C)C(=O)CN1C(=O)CSc2ccccc21. The van der Waals surface area contributed by atoms with E-state index in [0.717, 1.165) is 27.5 Å². The fourth-order valence-corrected chi connectivity index (χ4v) is 3.89. The third-order valence-electron chi connectivity index (χ3n) is 4.37. The van der Waals surface area contributed by atoms with Crippen molar-refractivity contribution < 1.29 is 14.3 Å². The van der Waals surface area contributed by atoms with E-state index in [1.807, 2.05) is 49.4 Å². The number of benzene rings is 2. The van der Waals surface area contributed by atoms with E-state index in [2.05, 4.69) is 0 Å². The number of aryl methyl sites for hydroxylation is 1. The van der Waals surface area contributed by atoms with Crippen LogP contribution in [0.2, 0.25) is 0 Å². The fourth-order valence-electron chi connectivity index (χ4n) is 2.96. The van der Waals surface area contributed by atoms with Crippen LogP contribution in [0, 0.1) is 6.92 Å². The van der Waals surface area contributed by atoms with Crippen molar-refractivity contribution in [2.75, 3.05) is 31.4 Å². The second-order valence-corrected chi connectivity index (χ2v) is 7.32. The lowest BCUT2D eigenvalue weighted by Gasteiger charge is -2.30. The number of carbonyl (C=O) groups is 2. The van der Waals surface area contributed by atoms with Gasteiger partial charge in [-0.25, -0.2) is 0 Å². The molecule has 26 heavy (non-hydrogen) atoms. The van der Waals surface area contributed by atoms with Gasteiger partial charge in [-0.1, -0.05) is 29.8 Å². The first-order chi connectivity index (χ1) is 12.5. The summed E-state index contributed by atoms with van der Waals surface area (Å²) >= 11 is 1.51. The van der Waals surface area contributed by atoms with Gasteiger partial charge in [0.25, 0.3) is 0 Å². The molecule has 3 rings (SSSR count). The molecule has 0 aromatic heterocycles. The zero-order chi connectivity index (χ0) is 18.7. The van der Waals surface area contributed by atoms with E-state index in [-0.39, 0.29) is 18.4 Å². The van der Waals surface area contributed by atoms with Crippen molar-refractivity contribution in [1.29, 1.82) is 0 Å². The Morgan fingerprint density at radius 2 is 2.04 bits per heavy atom. The van der Waals surface area contributed by atoms with E-state index < -0.39 is 0 Å². The largest absolute Gasteiger partial charge is 0.496 e. The molecule has 0 radical (unpaired) electrons. The first kappa shape index (κ1) is 18.3. The monoisotopic (exact) mass is 370 g/mol. The van der Waals surface area contributed by atoms with Crippen LogP contribution in [0.5, 0.6) is 5.75 Å². The van der Waals surface area contributed by atoms with Crippen molar-refractivity contribution in [1.82, 2.24) is 4.90 Å². The summed E-state index contributed by atoms with van der Waals surface area (Å²) in [6.07, 6.45) is 0. The summed E-state index contributed by atoms with van der Waals surface area (Å²) in [5, 5.41) is 0. The number of methoxy groups -OCH3 is 1. The van der Waals surface area contributed by atoms with Gasteiger partial charge in [-0.05, 0) is 25.1 Å². The molecule has 1 heterocycles. The van der Waals surface area contributed by atoms with Gasteiger partial charge in [-0.2, -0.15) is 0 Å². The molecule has 1 aliphatic heterocycles. The molecular formula is C20H22N2O3S. The molecule has 2 aromatic carbocycles. The second kappa shape index (κ2) is 7.83. The van der Waals surface area contributed by atoms with E-state index in [1.54, 1.807) is 24.0 Å². The highest BCUT2D eigenvalue weighted by Crippen LogP contribution is 2.34. The number of nitrogens with zero attached hydrogens (tertiary/aromatic N) is 2. The maximum absolute atomic E-state index is 12.7. The van der Waals surface area contributed by atoms with E-state index in [9.17, 15) is 9.59 Å². The van der Waals surface area contributed by atoms with E-state index in [0.29, 0.717) is 12.3 Å². The summed E-state index contributed by atoms with van der Waals surface area (Å²) in [5.41, 5.74) is 2.87. The third kappa shape index (κ3) is 3.85. The molecule has 0 fully saturated rings. The number of para-hydroxylation sites is 1. The average molecular weight is 370 g/mol. The zero-order valence-corrected chi connectivity index (χ0v) is 16.0. The summed E-state index contributed by atoms with van der Waals surface area (Å²) < 4.78 is 5.39. The number of likely N-dealkylation sites (N-methyl/N-ethyl adjacent to an activating group) is 1. The molecule has 0 bridgehead atoms. The molecule has 1 aliphatic rings. The van der Waals surface area contributed by atoms with Crippen molar-refractivity contribution in [3.8, 4) is 5.75 Å². The second-order valence-electron chi connectivity index (χ2n) is 6.30. The maximum Gasteiger partial charge on any atom is 0.242 e. The molecule has 2 aromatic rings. The van der Waals surface area contributed by atoms with Crippen LogP contribution >= 0.6 is 11.8 Å². The van der Waals surface area contributed by atoms with Crippen molar-refractivity contribution in [3.05, 3.63) is 53.6 Å². The number of ether oxygens (including phenoxy) is 1. The molecule has 0 N–H and O–H groups in total. The molecule has 136 valence electrons. The number of anilines is 1. The Bertz CT molecular complexity index is 838. The van der Waals surface area contributed by atoms with Crippen LogP contribution in [0.4, 0.5) is 5.69 Å². The topological polar surface area (TPSA) is 49.9 Å². The van der Waals surface area contributed by atoms with Gasteiger partial charge < -0.3 is 14.5 Å². The summed E-state index contributed by atoms with van der Waals surface area (Å²) in [5.74, 6) is 0.970. The minimum Gasteiger partial charge on any atom is -0.496 e. The molecule has 2 amide bonds. The van der Waals surface area contributed by atoms with Crippen molar-refractivity contribution in [2.45, 2.75) is 18.4 Å². The van der Waals surface area contributed by atoms with Crippen molar-refractivity contribution >= 4 is 29.3 Å². The lowest BCUT2D eigenvalue weighted by atomic mass is 10.1. The van der Waals surface area contributed by atoms with Crippen LogP contribution in [-0.4, -0.2) is 43.2 Å². The predicted octanol–water partition coefficient (Wildman–Crippen LogP) is 3.10. The maximum atomic E-state index is 12.7. The summed E-state index contributed by atoms with van der Waals surface area (Å²) in [6.45, 7) is 2.48. The Morgan fingerprint density at radius 1 is 1.27 bits per heavy atom. The highest BCUT2D eigenvalue weighted by Gasteiger charge is 2.27. The van der Waals surface area contributed by atoms with Crippen LogP contribution in [0.15, 0.2) is 47.4 Å². The van der Waals surface area contributed by atoms with Gasteiger partial charge in [0, 0.05) is 24.1 Å². The van der Waals surface area contributed by atoms with Gasteiger partial charge in [-0.15, -0.1) is 11.8 Å². The number of hydrogen-bond acceptors (Lipinski definition) is 4. The minimum absolute atomic E-state index is 0.0383. The minimum atomic E-state index is -0.108. The average Bonchev–Trinajstić information content (AvgIpc) is 2.64. The van der Waals surface area contributed by atoms with Gasteiger partial charge in [-0.3, -0.25) is 9.59 Å². The molecule has 6 heteroatoms. The third-order valence-corrected chi connectivity index (χ3v) is 5.42. The summed E-state index contributed by atoms with van der Waals surface area (Å²) in [4.78, 5) is 29.3. The molecule has 0 saturated heterocycles. The highest BCUT2D eigenvalue weighted by molar-refractivity contribution is 8.00. The van der Waals surface area contributed by atoms with Gasteiger partial charge >= 0.3 is 0 Å². The molecule has 0 spiro atoms. The van der Waals surface area contributed by atoms with Crippen molar-refractivity contribution in [3.63, 3.8) is 0 Å². The lowest BCUT2D eigenvalue weighted by Crippen LogP contribution is -2.43. The van der Waals surface area contributed by atoms with E-state index in [1.165, 1.54) is 11.8 Å². The lowest BCUT2D eigenvalue weighted by molar-refractivity contribution is -0.130. The Morgan fingerprint density at radius 3 is 2.81 bits per heavy atom. The Balaban J connectivity index is 1.74. The quantitative estimate of drug-likeness (QED) is 0.812. The predicted molar refractivity (Wildman–Crippen MR) is 104 cm³/mol. The summed E-state index contributed by atoms with van der Waals surface area (Å²) in [6, 6.07) is 13.6. The first-order valence-corrected chi connectivity index (χ1v) is 9.38. The number of rotatable bonds is 5. The normalized spacial score (nSPS) is 13.3. The number of fused-ring (bicyclic) bond motifs is 1. The van der Waals surface area contributed by atoms with Gasteiger partial charge in [0.05, 0.1) is 18.6 Å². The van der Waals surface area contributed by atoms with Crippen LogP contribution in [-0.2, 0) is 16.1 Å². The Kier molecular flexibility index (Phi) is 5.52. The standard InChI is InChI=1S/C20H22N2O3S/c1-14-8-9-17(25-3)15(10-14)11-21(2)19(23)12-22-16-6-4-5-7-18(16)26-13-20(22)24/h4-10H,11-13H2,1-3H3. The Hall–Kier alpha value is -2.47. The Labute approximate surface area is 157 Å². The number of carbonyl (C=O) groups excluding carboxylic acids is 2. The molecule has 0 atom stereocenters. The smallest absolute Gasteiger partial charge is 0.242 e. The van der Waals surface area contributed by atoms with Crippen LogP contribution < -0.4 is 9.64 Å². The molecule has 0 aliphatic carbocycles. The number of thioether (sulfide) groups is 1. The van der Waals surface area contributed by atoms with Gasteiger partial charge in [0.15, 0.2) is 0 Å². The van der Waals surface area contributed by atoms with Crippen LogP contribution in [0.3, 0.4) is 0 Å².